The van der Waals surface area contributed by atoms with Crippen molar-refractivity contribution in [2.75, 3.05) is 6.54 Å². The molecule has 0 aliphatic carbocycles. The molecule has 0 saturated heterocycles. The Hall–Kier alpha value is -0.970. The van der Waals surface area contributed by atoms with Crippen LogP contribution in [0.3, 0.4) is 0 Å². The molecule has 0 aliphatic heterocycles. The molecule has 0 radical (unpaired) electrons. The second-order valence-corrected chi connectivity index (χ2v) is 8.35. The summed E-state index contributed by atoms with van der Waals surface area (Å²) in [6.07, 6.45) is 25.2. The van der Waals surface area contributed by atoms with E-state index in [2.05, 4.69) is 40.0 Å². The number of hydrogen-bond acceptors (Lipinski definition) is 7. The lowest BCUT2D eigenvalue weighted by Crippen LogP contribution is -2.61. The molecule has 0 spiro atoms. The second kappa shape index (κ2) is 27.1. The molecule has 0 fully saturated rings. The van der Waals surface area contributed by atoms with Gasteiger partial charge in [-0.2, -0.15) is 27.7 Å². The van der Waals surface area contributed by atoms with Gasteiger partial charge in [-0.25, -0.2) is 15.6 Å². The molecule has 186 valence electrons. The lowest BCUT2D eigenvalue weighted by molar-refractivity contribution is 0.180. The van der Waals surface area contributed by atoms with Crippen LogP contribution in [0.4, 0.5) is 4.79 Å². The lowest BCUT2D eigenvalue weighted by Gasteiger charge is -2.11. The maximum atomic E-state index is 10.1. The molecule has 31 heavy (non-hydrogen) atoms. The minimum absolute atomic E-state index is 0.869. The molecule has 0 aromatic rings. The van der Waals surface area contributed by atoms with Gasteiger partial charge in [0, 0.05) is 6.54 Å². The number of amides is 1. The van der Waals surface area contributed by atoms with Gasteiger partial charge in [0.1, 0.15) is 0 Å². The van der Waals surface area contributed by atoms with Gasteiger partial charge >= 0.3 is 6.09 Å². The van der Waals surface area contributed by atoms with Crippen LogP contribution < -0.4 is 38.5 Å². The number of rotatable bonds is 26. The van der Waals surface area contributed by atoms with E-state index in [4.69, 9.17) is 5.11 Å². The van der Waals surface area contributed by atoms with Crippen LogP contribution in [0, 0.1) is 0 Å². The summed E-state index contributed by atoms with van der Waals surface area (Å²) >= 11 is 0. The first-order chi connectivity index (χ1) is 15.3. The minimum Gasteiger partial charge on any atom is -0.464 e. The van der Waals surface area contributed by atoms with Gasteiger partial charge in [0.05, 0.1) is 0 Å². The zero-order chi connectivity index (χ0) is 22.7. The van der Waals surface area contributed by atoms with Crippen LogP contribution >= 0.6 is 0 Å². The Morgan fingerprint density at radius 3 is 1.29 bits per heavy atom. The van der Waals surface area contributed by atoms with Crippen LogP contribution in [-0.4, -0.2) is 17.7 Å². The first kappa shape index (κ1) is 30.0. The topological polar surface area (TPSA) is 122 Å². The fraction of sp³-hybridized carbons (Fsp3) is 0.955. The number of carbonyl (C=O) groups is 1. The van der Waals surface area contributed by atoms with E-state index in [0.717, 1.165) is 13.0 Å². The first-order valence-electron chi connectivity index (χ1n) is 12.7. The van der Waals surface area contributed by atoms with Crippen molar-refractivity contribution < 1.29 is 9.90 Å². The van der Waals surface area contributed by atoms with Gasteiger partial charge in [-0.1, -0.05) is 122 Å². The molecule has 8 N–H and O–H groups in total. The zero-order valence-corrected chi connectivity index (χ0v) is 20.0. The molecule has 0 bridgehead atoms. The predicted molar refractivity (Wildman–Crippen MR) is 128 cm³/mol. The summed E-state index contributed by atoms with van der Waals surface area (Å²) in [4.78, 5) is 10.1. The lowest BCUT2D eigenvalue weighted by atomic mass is 10.0. The van der Waals surface area contributed by atoms with E-state index in [1.54, 1.807) is 0 Å². The zero-order valence-electron chi connectivity index (χ0n) is 20.0. The third-order valence-corrected chi connectivity index (χ3v) is 5.41. The second-order valence-electron chi connectivity index (χ2n) is 8.35. The van der Waals surface area contributed by atoms with Gasteiger partial charge in [-0.15, -0.1) is 0 Å². The molecule has 0 unspecified atom stereocenters. The SMILES string of the molecule is CCCCCCCCCCCCCCCCCCCCCNNNNNNNC(=O)O. The molecule has 9 nitrogen and oxygen atoms in total. The minimum atomic E-state index is -1.18. The van der Waals surface area contributed by atoms with Crippen molar-refractivity contribution in [1.82, 2.24) is 38.5 Å². The average Bonchev–Trinajstić information content (AvgIpc) is 2.76. The third-order valence-electron chi connectivity index (χ3n) is 5.41. The number of unbranched alkanes of at least 4 members (excludes halogenated alkanes) is 18. The third kappa shape index (κ3) is 29.0. The Bertz CT molecular complexity index is 363. The van der Waals surface area contributed by atoms with E-state index in [0.29, 0.717) is 0 Å². The van der Waals surface area contributed by atoms with E-state index in [-0.39, 0.29) is 0 Å². The highest BCUT2D eigenvalue weighted by Crippen LogP contribution is 2.14. The fourth-order valence-corrected chi connectivity index (χ4v) is 3.58. The monoisotopic (exact) mass is 445 g/mol. The Labute approximate surface area is 190 Å². The molecule has 9 heteroatoms. The van der Waals surface area contributed by atoms with Crippen molar-refractivity contribution in [3.63, 3.8) is 0 Å². The molecule has 0 aliphatic rings. The van der Waals surface area contributed by atoms with E-state index in [9.17, 15) is 4.79 Å². The van der Waals surface area contributed by atoms with E-state index >= 15 is 0 Å². The highest BCUT2D eigenvalue weighted by Gasteiger charge is 1.95. The summed E-state index contributed by atoms with van der Waals surface area (Å²) in [5.41, 5.74) is 17.4. The van der Waals surface area contributed by atoms with Gasteiger partial charge in [-0.05, 0) is 6.42 Å². The van der Waals surface area contributed by atoms with Crippen LogP contribution in [0.15, 0.2) is 0 Å². The maximum absolute atomic E-state index is 10.1. The average molecular weight is 446 g/mol. The summed E-state index contributed by atoms with van der Waals surface area (Å²) < 4.78 is 0. The van der Waals surface area contributed by atoms with Crippen molar-refractivity contribution >= 4 is 6.09 Å². The molecule has 0 aromatic carbocycles. The molecule has 1 amide bonds. The van der Waals surface area contributed by atoms with Crippen LogP contribution in [0.2, 0.25) is 0 Å². The Morgan fingerprint density at radius 2 is 0.871 bits per heavy atom. The molecular formula is C22H51N7O2. The Morgan fingerprint density at radius 1 is 0.516 bits per heavy atom. The van der Waals surface area contributed by atoms with Crippen molar-refractivity contribution in [2.45, 2.75) is 129 Å². The van der Waals surface area contributed by atoms with E-state index in [1.165, 1.54) is 116 Å². The molecule has 0 atom stereocenters. The number of nitrogens with one attached hydrogen (secondary N) is 7. The summed E-state index contributed by atoms with van der Waals surface area (Å²) in [5.74, 6) is 0. The van der Waals surface area contributed by atoms with E-state index < -0.39 is 6.09 Å². The van der Waals surface area contributed by atoms with Crippen LogP contribution in [0.5, 0.6) is 0 Å². The highest BCUT2D eigenvalue weighted by molar-refractivity contribution is 5.63. The number of carboxylic acid groups (broad SMARTS) is 1. The summed E-state index contributed by atoms with van der Waals surface area (Å²) in [6.45, 7) is 3.15. The summed E-state index contributed by atoms with van der Waals surface area (Å²) in [7, 11) is 0. The largest absolute Gasteiger partial charge is 0.464 e. The van der Waals surface area contributed by atoms with Crippen molar-refractivity contribution in [3.05, 3.63) is 0 Å². The smallest absolute Gasteiger partial charge is 0.420 e. The molecular weight excluding hydrogens is 394 g/mol. The summed E-state index contributed by atoms with van der Waals surface area (Å²) in [5, 5.41) is 8.31. The van der Waals surface area contributed by atoms with Crippen molar-refractivity contribution in [2.24, 2.45) is 0 Å². The normalized spacial score (nSPS) is 11.1. The standard InChI is InChI=1S/C22H51N7O2/c1-2-3-4-5-6-7-8-9-10-11-12-13-14-15-16-17-18-19-20-21-23-25-27-29-28-26-24-22(30)31/h23-29H,2-21H2,1H3,(H,30,31). The van der Waals surface area contributed by atoms with Crippen LogP contribution in [0.25, 0.3) is 0 Å². The van der Waals surface area contributed by atoms with Gasteiger partial charge < -0.3 is 5.11 Å². The van der Waals surface area contributed by atoms with Gasteiger partial charge in [0.2, 0.25) is 0 Å². The Balaban J connectivity index is 3.00. The predicted octanol–water partition coefficient (Wildman–Crippen LogP) is 4.71. The van der Waals surface area contributed by atoms with Gasteiger partial charge in [0.25, 0.3) is 0 Å². The van der Waals surface area contributed by atoms with Crippen LogP contribution in [0.1, 0.15) is 129 Å². The molecule has 0 saturated carbocycles. The maximum Gasteiger partial charge on any atom is 0.420 e. The van der Waals surface area contributed by atoms with Crippen LogP contribution in [-0.2, 0) is 0 Å². The van der Waals surface area contributed by atoms with Gasteiger partial charge in [-0.3, -0.25) is 0 Å². The Kier molecular flexibility index (Phi) is 26.2. The van der Waals surface area contributed by atoms with Crippen molar-refractivity contribution in [3.8, 4) is 0 Å². The summed E-state index contributed by atoms with van der Waals surface area (Å²) in [6, 6.07) is 0. The molecule has 0 aromatic heterocycles. The van der Waals surface area contributed by atoms with E-state index in [1.807, 2.05) is 5.43 Å². The number of hydrogen-bond donors (Lipinski definition) is 8. The quantitative estimate of drug-likeness (QED) is 0.0711. The molecule has 0 rings (SSSR count). The molecule has 0 heterocycles. The first-order valence-corrected chi connectivity index (χ1v) is 12.7. The van der Waals surface area contributed by atoms with Crippen molar-refractivity contribution in [1.29, 1.82) is 0 Å². The fourth-order valence-electron chi connectivity index (χ4n) is 3.58. The van der Waals surface area contributed by atoms with Gasteiger partial charge in [0.15, 0.2) is 0 Å². The number of hydrazine groups is 6. The highest BCUT2D eigenvalue weighted by atomic mass is 16.4.